The number of nitrogens with zero attached hydrogens (tertiary/aromatic N) is 4. The quantitative estimate of drug-likeness (QED) is 0.476. The zero-order valence-corrected chi connectivity index (χ0v) is 19.2. The van der Waals surface area contributed by atoms with Crippen molar-refractivity contribution in [3.63, 3.8) is 0 Å². The Bertz CT molecular complexity index is 1270. The molecule has 4 heterocycles. The number of aryl methyl sites for hydroxylation is 3. The normalized spacial score (nSPS) is 17.2. The topological polar surface area (TPSA) is 79.0 Å². The summed E-state index contributed by atoms with van der Waals surface area (Å²) in [6.07, 6.45) is 4.81. The smallest absolute Gasteiger partial charge is 0.146 e. The standard InChI is InChI=1S/C24H28N6OS/c1-15-5-4-7-17-22(15)27-19(26-17)13-25-23-21-16-6-2-3-8-18(16)32-24(21)29-20(28-23)14-30-9-11-31-12-10-30/h4-5,7H,2-3,6,8-14H2,1H3,(H,26,27)(H,25,28,29). The maximum atomic E-state index is 5.50. The lowest BCUT2D eigenvalue weighted by atomic mass is 9.97. The number of H-pyrrole nitrogens is 1. The van der Waals surface area contributed by atoms with Gasteiger partial charge in [-0.2, -0.15) is 0 Å². The highest BCUT2D eigenvalue weighted by Crippen LogP contribution is 2.38. The van der Waals surface area contributed by atoms with Crippen LogP contribution in [0.5, 0.6) is 0 Å². The van der Waals surface area contributed by atoms with Crippen LogP contribution in [0.3, 0.4) is 0 Å². The van der Waals surface area contributed by atoms with Crippen LogP contribution in [0.1, 0.15) is 40.5 Å². The number of thiophene rings is 1. The van der Waals surface area contributed by atoms with Gasteiger partial charge < -0.3 is 15.0 Å². The number of benzene rings is 1. The predicted octanol–water partition coefficient (Wildman–Crippen LogP) is 4.20. The minimum absolute atomic E-state index is 0.613. The Morgan fingerprint density at radius 1 is 1.12 bits per heavy atom. The summed E-state index contributed by atoms with van der Waals surface area (Å²) in [6, 6.07) is 6.25. The number of hydrogen-bond acceptors (Lipinski definition) is 7. The molecule has 2 aliphatic rings. The molecule has 3 aromatic heterocycles. The molecule has 0 amide bonds. The Morgan fingerprint density at radius 2 is 2.00 bits per heavy atom. The fourth-order valence-electron chi connectivity index (χ4n) is 4.84. The molecule has 1 aliphatic carbocycles. The molecule has 1 saturated heterocycles. The van der Waals surface area contributed by atoms with E-state index in [9.17, 15) is 0 Å². The fraction of sp³-hybridized carbons (Fsp3) is 0.458. The molecular weight excluding hydrogens is 420 g/mol. The average molecular weight is 449 g/mol. The second kappa shape index (κ2) is 8.42. The van der Waals surface area contributed by atoms with E-state index < -0.39 is 0 Å². The van der Waals surface area contributed by atoms with Gasteiger partial charge >= 0.3 is 0 Å². The molecule has 1 aromatic carbocycles. The first-order valence-electron chi connectivity index (χ1n) is 11.5. The van der Waals surface area contributed by atoms with Crippen molar-refractivity contribution in [2.45, 2.75) is 45.7 Å². The summed E-state index contributed by atoms with van der Waals surface area (Å²) in [7, 11) is 0. The Labute approximate surface area is 191 Å². The summed E-state index contributed by atoms with van der Waals surface area (Å²) in [6.45, 7) is 6.91. The molecule has 4 aromatic rings. The maximum Gasteiger partial charge on any atom is 0.146 e. The van der Waals surface area contributed by atoms with E-state index in [0.29, 0.717) is 6.54 Å². The molecule has 7 nitrogen and oxygen atoms in total. The van der Waals surface area contributed by atoms with Crippen molar-refractivity contribution in [1.82, 2.24) is 24.8 Å². The van der Waals surface area contributed by atoms with Gasteiger partial charge in [0.25, 0.3) is 0 Å². The van der Waals surface area contributed by atoms with Crippen molar-refractivity contribution in [3.8, 4) is 0 Å². The first-order valence-corrected chi connectivity index (χ1v) is 12.4. The molecule has 2 N–H and O–H groups in total. The van der Waals surface area contributed by atoms with Crippen LogP contribution >= 0.6 is 11.3 Å². The van der Waals surface area contributed by atoms with E-state index in [4.69, 9.17) is 19.7 Å². The molecule has 0 bridgehead atoms. The van der Waals surface area contributed by atoms with E-state index in [1.165, 1.54) is 34.2 Å². The largest absolute Gasteiger partial charge is 0.379 e. The summed E-state index contributed by atoms with van der Waals surface area (Å²) in [4.78, 5) is 23.3. The van der Waals surface area contributed by atoms with E-state index in [0.717, 1.165) is 79.0 Å². The van der Waals surface area contributed by atoms with Gasteiger partial charge in [0.05, 0.1) is 42.7 Å². The Hall–Kier alpha value is -2.55. The van der Waals surface area contributed by atoms with E-state index in [1.807, 2.05) is 11.3 Å². The highest BCUT2D eigenvalue weighted by Gasteiger charge is 2.22. The number of hydrogen-bond donors (Lipinski definition) is 2. The first-order chi connectivity index (χ1) is 15.7. The molecular formula is C24H28N6OS. The number of para-hydroxylation sites is 1. The predicted molar refractivity (Wildman–Crippen MR) is 128 cm³/mol. The third kappa shape index (κ3) is 3.76. The lowest BCUT2D eigenvalue weighted by Gasteiger charge is -2.25. The van der Waals surface area contributed by atoms with Gasteiger partial charge in [-0.3, -0.25) is 4.90 Å². The minimum Gasteiger partial charge on any atom is -0.379 e. The first kappa shape index (κ1) is 20.1. The van der Waals surface area contributed by atoms with Gasteiger partial charge in [0.15, 0.2) is 0 Å². The summed E-state index contributed by atoms with van der Waals surface area (Å²) in [5, 5.41) is 4.84. The van der Waals surface area contributed by atoms with Crippen molar-refractivity contribution < 1.29 is 4.74 Å². The van der Waals surface area contributed by atoms with Crippen LogP contribution in [0.2, 0.25) is 0 Å². The highest BCUT2D eigenvalue weighted by molar-refractivity contribution is 7.19. The molecule has 166 valence electrons. The Balaban J connectivity index is 1.34. The molecule has 0 radical (unpaired) electrons. The van der Waals surface area contributed by atoms with Crippen molar-refractivity contribution in [2.75, 3.05) is 31.6 Å². The number of morpholine rings is 1. The number of ether oxygens (including phenoxy) is 1. The molecule has 1 fully saturated rings. The zero-order chi connectivity index (χ0) is 21.5. The van der Waals surface area contributed by atoms with E-state index in [1.54, 1.807) is 0 Å². The molecule has 0 saturated carbocycles. The number of nitrogens with one attached hydrogen (secondary N) is 2. The Morgan fingerprint density at radius 3 is 2.88 bits per heavy atom. The fourth-order valence-corrected chi connectivity index (χ4v) is 6.12. The second-order valence-corrected chi connectivity index (χ2v) is 9.86. The van der Waals surface area contributed by atoms with Crippen LogP contribution in [-0.2, 0) is 30.7 Å². The van der Waals surface area contributed by atoms with Crippen LogP contribution in [0.4, 0.5) is 5.82 Å². The van der Waals surface area contributed by atoms with Crippen molar-refractivity contribution in [1.29, 1.82) is 0 Å². The number of aromatic amines is 1. The van der Waals surface area contributed by atoms with Crippen LogP contribution in [-0.4, -0.2) is 51.1 Å². The number of aromatic nitrogens is 4. The van der Waals surface area contributed by atoms with Gasteiger partial charge in [-0.1, -0.05) is 12.1 Å². The number of rotatable bonds is 5. The SMILES string of the molecule is Cc1cccc2[nH]c(CNc3nc(CN4CCOCC4)nc4sc5c(c34)CCCC5)nc12. The lowest BCUT2D eigenvalue weighted by Crippen LogP contribution is -2.36. The lowest BCUT2D eigenvalue weighted by molar-refractivity contribution is 0.0331. The highest BCUT2D eigenvalue weighted by atomic mass is 32.1. The molecule has 0 spiro atoms. The maximum absolute atomic E-state index is 5.50. The van der Waals surface area contributed by atoms with Crippen molar-refractivity contribution in [2.24, 2.45) is 0 Å². The van der Waals surface area contributed by atoms with Crippen LogP contribution in [0.25, 0.3) is 21.3 Å². The summed E-state index contributed by atoms with van der Waals surface area (Å²) >= 11 is 1.86. The second-order valence-electron chi connectivity index (χ2n) is 8.78. The molecule has 32 heavy (non-hydrogen) atoms. The molecule has 8 heteroatoms. The molecule has 1 aliphatic heterocycles. The summed E-state index contributed by atoms with van der Waals surface area (Å²) in [5.74, 6) is 2.77. The summed E-state index contributed by atoms with van der Waals surface area (Å²) < 4.78 is 5.50. The molecule has 0 atom stereocenters. The molecule has 6 rings (SSSR count). The number of anilines is 1. The zero-order valence-electron chi connectivity index (χ0n) is 18.4. The summed E-state index contributed by atoms with van der Waals surface area (Å²) in [5.41, 5.74) is 4.76. The van der Waals surface area contributed by atoms with Gasteiger partial charge in [-0.15, -0.1) is 11.3 Å². The van der Waals surface area contributed by atoms with Crippen LogP contribution < -0.4 is 5.32 Å². The van der Waals surface area contributed by atoms with Crippen molar-refractivity contribution >= 4 is 38.4 Å². The third-order valence-electron chi connectivity index (χ3n) is 6.52. The number of fused-ring (bicyclic) bond motifs is 4. The third-order valence-corrected chi connectivity index (χ3v) is 7.70. The van der Waals surface area contributed by atoms with Gasteiger partial charge in [-0.05, 0) is 49.8 Å². The van der Waals surface area contributed by atoms with Gasteiger partial charge in [-0.25, -0.2) is 15.0 Å². The minimum atomic E-state index is 0.613. The van der Waals surface area contributed by atoms with E-state index in [-0.39, 0.29) is 0 Å². The van der Waals surface area contributed by atoms with E-state index in [2.05, 4.69) is 40.3 Å². The van der Waals surface area contributed by atoms with E-state index >= 15 is 0 Å². The monoisotopic (exact) mass is 448 g/mol. The van der Waals surface area contributed by atoms with Crippen molar-refractivity contribution in [3.05, 3.63) is 45.9 Å². The Kier molecular flexibility index (Phi) is 5.29. The van der Waals surface area contributed by atoms with Gasteiger partial charge in [0.2, 0.25) is 0 Å². The van der Waals surface area contributed by atoms with Crippen LogP contribution in [0, 0.1) is 6.92 Å². The van der Waals surface area contributed by atoms with Crippen LogP contribution in [0.15, 0.2) is 18.2 Å². The van der Waals surface area contributed by atoms with Gasteiger partial charge in [0, 0.05) is 18.0 Å². The molecule has 0 unspecified atom stereocenters. The van der Waals surface area contributed by atoms with Gasteiger partial charge in [0.1, 0.15) is 22.3 Å². The number of imidazole rings is 1. The average Bonchev–Trinajstić information content (AvgIpc) is 3.40.